The van der Waals surface area contributed by atoms with Crippen LogP contribution in [0.5, 0.6) is 0 Å². The normalized spacial score (nSPS) is 11.6. The van der Waals surface area contributed by atoms with Gasteiger partial charge < -0.3 is 0 Å². The average Bonchev–Trinajstić information content (AvgIpc) is 2.41. The maximum absolute atomic E-state index is 13.4. The maximum atomic E-state index is 13.4. The second-order valence-electron chi connectivity index (χ2n) is 3.99. The zero-order valence-corrected chi connectivity index (χ0v) is 12.4. The van der Waals surface area contributed by atoms with Crippen LogP contribution in [0.1, 0.15) is 5.56 Å². The van der Waals surface area contributed by atoms with Crippen LogP contribution in [0.3, 0.4) is 0 Å². The summed E-state index contributed by atoms with van der Waals surface area (Å²) >= 11 is 11.5. The second-order valence-corrected chi connectivity index (χ2v) is 6.57. The molecule has 0 heterocycles. The molecule has 2 rings (SSSR count). The van der Waals surface area contributed by atoms with E-state index >= 15 is 0 Å². The minimum Gasteiger partial charge on any atom is -0.207 e. The molecule has 0 fully saturated rings. The molecule has 1 N–H and O–H groups in total. The Kier molecular flexibility index (Phi) is 4.65. The van der Waals surface area contributed by atoms with Crippen molar-refractivity contribution in [2.75, 3.05) is 0 Å². The lowest BCUT2D eigenvalue weighted by Gasteiger charge is -2.08. The second kappa shape index (κ2) is 6.10. The SMILES string of the molecule is O=S(=O)(NCc1ccccc1F)c1ccc(Cl)c(Cl)c1. The Morgan fingerprint density at radius 1 is 1.05 bits per heavy atom. The summed E-state index contributed by atoms with van der Waals surface area (Å²) in [6.07, 6.45) is 0. The van der Waals surface area contributed by atoms with Crippen LogP contribution in [0.2, 0.25) is 10.0 Å². The largest absolute Gasteiger partial charge is 0.240 e. The Labute approximate surface area is 126 Å². The Morgan fingerprint density at radius 3 is 2.40 bits per heavy atom. The first-order valence-electron chi connectivity index (χ1n) is 5.58. The third kappa shape index (κ3) is 3.49. The molecule has 0 saturated heterocycles. The zero-order valence-electron chi connectivity index (χ0n) is 10.1. The van der Waals surface area contributed by atoms with E-state index in [2.05, 4.69) is 4.72 Å². The van der Waals surface area contributed by atoms with Crippen LogP contribution < -0.4 is 4.72 Å². The maximum Gasteiger partial charge on any atom is 0.240 e. The fourth-order valence-corrected chi connectivity index (χ4v) is 2.94. The lowest BCUT2D eigenvalue weighted by atomic mass is 10.2. The number of sulfonamides is 1. The number of rotatable bonds is 4. The summed E-state index contributed by atoms with van der Waals surface area (Å²) in [6, 6.07) is 9.90. The summed E-state index contributed by atoms with van der Waals surface area (Å²) in [5.41, 5.74) is 0.260. The van der Waals surface area contributed by atoms with Crippen LogP contribution in [-0.2, 0) is 16.6 Å². The number of hydrogen-bond donors (Lipinski definition) is 1. The molecule has 2 aromatic carbocycles. The van der Waals surface area contributed by atoms with Crippen molar-refractivity contribution >= 4 is 33.2 Å². The van der Waals surface area contributed by atoms with Gasteiger partial charge in [0.1, 0.15) is 5.82 Å². The fourth-order valence-electron chi connectivity index (χ4n) is 1.54. The summed E-state index contributed by atoms with van der Waals surface area (Å²) in [7, 11) is -3.77. The summed E-state index contributed by atoms with van der Waals surface area (Å²) in [6.45, 7) is -0.144. The Bertz CT molecular complexity index is 735. The van der Waals surface area contributed by atoms with Gasteiger partial charge in [0.2, 0.25) is 10.0 Å². The molecule has 2 aromatic rings. The van der Waals surface area contributed by atoms with E-state index in [-0.39, 0.29) is 27.0 Å². The lowest BCUT2D eigenvalue weighted by molar-refractivity contribution is 0.574. The van der Waals surface area contributed by atoms with Crippen LogP contribution >= 0.6 is 23.2 Å². The molecular formula is C13H10Cl2FNO2S. The summed E-state index contributed by atoms with van der Waals surface area (Å²) in [5, 5.41) is 0.403. The van der Waals surface area contributed by atoms with Gasteiger partial charge in [0, 0.05) is 12.1 Å². The van der Waals surface area contributed by atoms with Crippen molar-refractivity contribution in [3.05, 3.63) is 63.9 Å². The van der Waals surface area contributed by atoms with Gasteiger partial charge in [-0.15, -0.1) is 0 Å². The molecule has 0 atom stereocenters. The van der Waals surface area contributed by atoms with Crippen molar-refractivity contribution in [3.8, 4) is 0 Å². The molecule has 0 aromatic heterocycles. The van der Waals surface area contributed by atoms with Crippen LogP contribution in [-0.4, -0.2) is 8.42 Å². The Hall–Kier alpha value is -1.14. The van der Waals surface area contributed by atoms with Crippen molar-refractivity contribution < 1.29 is 12.8 Å². The molecule has 7 heteroatoms. The summed E-state index contributed by atoms with van der Waals surface area (Å²) in [5.74, 6) is -0.468. The van der Waals surface area contributed by atoms with Crippen molar-refractivity contribution in [2.45, 2.75) is 11.4 Å². The molecule has 0 aliphatic rings. The van der Waals surface area contributed by atoms with E-state index < -0.39 is 15.8 Å². The topological polar surface area (TPSA) is 46.2 Å². The number of hydrogen-bond acceptors (Lipinski definition) is 2. The fraction of sp³-hybridized carbons (Fsp3) is 0.0769. The van der Waals surface area contributed by atoms with E-state index in [9.17, 15) is 12.8 Å². The standard InChI is InChI=1S/C13H10Cl2FNO2S/c14-11-6-5-10(7-12(11)15)20(18,19)17-8-9-3-1-2-4-13(9)16/h1-7,17H,8H2. The Morgan fingerprint density at radius 2 is 1.75 bits per heavy atom. The smallest absolute Gasteiger partial charge is 0.207 e. The van der Waals surface area contributed by atoms with E-state index in [1.54, 1.807) is 6.07 Å². The molecule has 0 amide bonds. The van der Waals surface area contributed by atoms with E-state index in [0.717, 1.165) is 0 Å². The molecule has 0 radical (unpaired) electrons. The van der Waals surface area contributed by atoms with Crippen LogP contribution in [0, 0.1) is 5.82 Å². The van der Waals surface area contributed by atoms with E-state index in [4.69, 9.17) is 23.2 Å². The molecule has 0 spiro atoms. The minimum atomic E-state index is -3.77. The van der Waals surface area contributed by atoms with E-state index in [1.807, 2.05) is 0 Å². The van der Waals surface area contributed by atoms with Crippen LogP contribution in [0.4, 0.5) is 4.39 Å². The van der Waals surface area contributed by atoms with E-state index in [1.165, 1.54) is 36.4 Å². The number of halogens is 3. The highest BCUT2D eigenvalue weighted by Crippen LogP contribution is 2.24. The Balaban J connectivity index is 2.19. The van der Waals surface area contributed by atoms with E-state index in [0.29, 0.717) is 0 Å². The first kappa shape index (κ1) is 15.3. The molecule has 106 valence electrons. The minimum absolute atomic E-state index is 0.0248. The molecular weight excluding hydrogens is 324 g/mol. The van der Waals surface area contributed by atoms with Gasteiger partial charge in [-0.3, -0.25) is 0 Å². The molecule has 0 unspecified atom stereocenters. The number of benzene rings is 2. The van der Waals surface area contributed by atoms with Gasteiger partial charge >= 0.3 is 0 Å². The third-order valence-electron chi connectivity index (χ3n) is 2.61. The highest BCUT2D eigenvalue weighted by Gasteiger charge is 2.15. The molecule has 3 nitrogen and oxygen atoms in total. The summed E-state index contributed by atoms with van der Waals surface area (Å²) in [4.78, 5) is -0.0248. The first-order valence-corrected chi connectivity index (χ1v) is 7.82. The molecule has 0 bridgehead atoms. The van der Waals surface area contributed by atoms with Gasteiger partial charge in [-0.1, -0.05) is 41.4 Å². The number of nitrogens with one attached hydrogen (secondary N) is 1. The predicted molar refractivity (Wildman–Crippen MR) is 76.9 cm³/mol. The van der Waals surface area contributed by atoms with Gasteiger partial charge in [-0.05, 0) is 24.3 Å². The average molecular weight is 334 g/mol. The molecule has 0 aliphatic heterocycles. The van der Waals surface area contributed by atoms with Gasteiger partial charge in [0.25, 0.3) is 0 Å². The predicted octanol–water partition coefficient (Wildman–Crippen LogP) is 3.61. The first-order chi connectivity index (χ1) is 9.40. The highest BCUT2D eigenvalue weighted by molar-refractivity contribution is 7.89. The van der Waals surface area contributed by atoms with Crippen molar-refractivity contribution in [2.24, 2.45) is 0 Å². The quantitative estimate of drug-likeness (QED) is 0.928. The lowest BCUT2D eigenvalue weighted by Crippen LogP contribution is -2.23. The van der Waals surface area contributed by atoms with Crippen molar-refractivity contribution in [3.63, 3.8) is 0 Å². The van der Waals surface area contributed by atoms with Crippen LogP contribution in [0.15, 0.2) is 47.4 Å². The van der Waals surface area contributed by atoms with Crippen LogP contribution in [0.25, 0.3) is 0 Å². The van der Waals surface area contributed by atoms with Gasteiger partial charge in [0.15, 0.2) is 0 Å². The van der Waals surface area contributed by atoms with Gasteiger partial charge in [-0.2, -0.15) is 0 Å². The highest BCUT2D eigenvalue weighted by atomic mass is 35.5. The third-order valence-corrected chi connectivity index (χ3v) is 4.75. The van der Waals surface area contributed by atoms with Gasteiger partial charge in [0.05, 0.1) is 14.9 Å². The molecule has 0 saturated carbocycles. The summed E-state index contributed by atoms with van der Waals surface area (Å²) < 4.78 is 39.8. The van der Waals surface area contributed by atoms with Crippen molar-refractivity contribution in [1.29, 1.82) is 0 Å². The zero-order chi connectivity index (χ0) is 14.8. The van der Waals surface area contributed by atoms with Crippen molar-refractivity contribution in [1.82, 2.24) is 4.72 Å². The monoisotopic (exact) mass is 333 g/mol. The molecule has 20 heavy (non-hydrogen) atoms. The van der Waals surface area contributed by atoms with Gasteiger partial charge in [-0.25, -0.2) is 17.5 Å². The molecule has 0 aliphatic carbocycles.